The number of nitrogens with zero attached hydrogens (tertiary/aromatic N) is 4. The predicted octanol–water partition coefficient (Wildman–Crippen LogP) is 13.7. The largest absolute Gasteiger partial charge is 0.308 e. The molecule has 0 aliphatic carbocycles. The van der Waals surface area contributed by atoms with Crippen molar-refractivity contribution >= 4 is 53.3 Å². The maximum absolute atomic E-state index is 9.37. The second kappa shape index (κ2) is 13.3. The van der Waals surface area contributed by atoms with Crippen LogP contribution in [0.1, 0.15) is 11.0 Å². The lowest BCUT2D eigenvalue weighted by molar-refractivity contribution is 1.06. The minimum Gasteiger partial charge on any atom is -0.308 e. The molecular weight excluding hydrogens is 701 g/mol. The second-order valence-electron chi connectivity index (χ2n) is 13.4. The SMILES string of the molecule is [2H]c1c([2H])c([2H])c2c(c1[2H])c1c([2H])c([2H])c([2H])c([2H])c1n2-c1cc(-c2cccc3sc4ccccc4c23)ccc1-c1nc(-c2ccccc2)nc(-c2ccc(-c3ccccc3)cc2)n1. The topological polar surface area (TPSA) is 43.6 Å². The number of rotatable bonds is 6. The molecule has 0 bridgehead atoms. The normalized spacial score (nSPS) is 13.6. The van der Waals surface area contributed by atoms with Gasteiger partial charge in [-0.05, 0) is 58.6 Å². The molecule has 0 atom stereocenters. The maximum atomic E-state index is 9.37. The Balaban J connectivity index is 1.26. The van der Waals surface area contributed by atoms with Gasteiger partial charge >= 0.3 is 0 Å². The molecule has 0 fully saturated rings. The molecule has 0 N–H and O–H groups in total. The molecule has 4 nitrogen and oxygen atoms in total. The molecule has 0 unspecified atom stereocenters. The highest BCUT2D eigenvalue weighted by molar-refractivity contribution is 7.25. The number of hydrogen-bond donors (Lipinski definition) is 0. The van der Waals surface area contributed by atoms with Gasteiger partial charge in [0.05, 0.1) is 27.7 Å². The molecule has 0 aliphatic rings. The predicted molar refractivity (Wildman–Crippen MR) is 234 cm³/mol. The van der Waals surface area contributed by atoms with E-state index in [1.807, 2.05) is 127 Å². The summed E-state index contributed by atoms with van der Waals surface area (Å²) in [5.41, 5.74) is 6.01. The van der Waals surface area contributed by atoms with Gasteiger partial charge in [-0.1, -0.05) is 158 Å². The van der Waals surface area contributed by atoms with Crippen LogP contribution in [-0.2, 0) is 0 Å². The van der Waals surface area contributed by atoms with E-state index in [0.29, 0.717) is 22.9 Å². The molecular formula is C51H32N4S. The van der Waals surface area contributed by atoms with Gasteiger partial charge in [-0.3, -0.25) is 0 Å². The van der Waals surface area contributed by atoms with E-state index >= 15 is 0 Å². The van der Waals surface area contributed by atoms with Crippen LogP contribution >= 0.6 is 11.3 Å². The average Bonchev–Trinajstić information content (AvgIpc) is 3.91. The second-order valence-corrected chi connectivity index (χ2v) is 14.5. The standard InChI is InChI=1S/C51H32N4S/c1-3-14-33(15-4-1)34-26-28-36(29-27-34)50-52-49(35-16-5-2-6-17-35)53-51(54-50)41-31-30-37(38-21-13-25-47-48(38)42-20-9-12-24-46(42)56-47)32-45(41)55-43-22-10-7-18-39(43)40-19-8-11-23-44(40)55/h1-32H/i7D,8D,10D,11D,18D,19D,22D,23D. The van der Waals surface area contributed by atoms with E-state index in [-0.39, 0.29) is 27.6 Å². The van der Waals surface area contributed by atoms with Crippen molar-refractivity contribution in [2.24, 2.45) is 0 Å². The first-order valence-electron chi connectivity index (χ1n) is 22.1. The zero-order valence-corrected chi connectivity index (χ0v) is 30.4. The third kappa shape index (κ3) is 5.40. The third-order valence-corrected chi connectivity index (χ3v) is 11.3. The lowest BCUT2D eigenvalue weighted by Crippen LogP contribution is -2.04. The van der Waals surface area contributed by atoms with E-state index < -0.39 is 48.3 Å². The highest BCUT2D eigenvalue weighted by Crippen LogP contribution is 2.43. The van der Waals surface area contributed by atoms with E-state index in [1.54, 1.807) is 15.9 Å². The molecule has 262 valence electrons. The summed E-state index contributed by atoms with van der Waals surface area (Å²) in [6, 6.07) is 44.0. The van der Waals surface area contributed by atoms with Crippen LogP contribution in [0.4, 0.5) is 0 Å². The first-order chi connectivity index (χ1) is 31.1. The highest BCUT2D eigenvalue weighted by atomic mass is 32.1. The van der Waals surface area contributed by atoms with Crippen LogP contribution in [0.25, 0.3) is 104 Å². The van der Waals surface area contributed by atoms with Gasteiger partial charge in [0, 0.05) is 47.6 Å². The monoisotopic (exact) mass is 740 g/mol. The van der Waals surface area contributed by atoms with Crippen LogP contribution < -0.4 is 0 Å². The summed E-state index contributed by atoms with van der Waals surface area (Å²) < 4.78 is 75.8. The van der Waals surface area contributed by atoms with Crippen molar-refractivity contribution in [2.45, 2.75) is 0 Å². The quantitative estimate of drug-likeness (QED) is 0.170. The van der Waals surface area contributed by atoms with Crippen LogP contribution in [0.2, 0.25) is 0 Å². The first-order valence-corrected chi connectivity index (χ1v) is 18.9. The van der Waals surface area contributed by atoms with Crippen molar-refractivity contribution in [2.75, 3.05) is 0 Å². The zero-order chi connectivity index (χ0) is 44.0. The number of benzene rings is 8. The van der Waals surface area contributed by atoms with Gasteiger partial charge in [0.25, 0.3) is 0 Å². The molecule has 0 spiro atoms. The lowest BCUT2D eigenvalue weighted by Gasteiger charge is -2.17. The molecule has 0 aliphatic heterocycles. The van der Waals surface area contributed by atoms with Gasteiger partial charge in [0.2, 0.25) is 0 Å². The fraction of sp³-hybridized carbons (Fsp3) is 0. The fourth-order valence-corrected chi connectivity index (χ4v) is 8.67. The molecule has 3 aromatic heterocycles. The molecule has 0 saturated heterocycles. The zero-order valence-electron chi connectivity index (χ0n) is 37.6. The summed E-state index contributed by atoms with van der Waals surface area (Å²) in [5, 5.41) is 2.09. The Hall–Kier alpha value is -7.21. The highest BCUT2D eigenvalue weighted by Gasteiger charge is 2.21. The minimum absolute atomic E-state index is 0.000320. The number of thiophene rings is 1. The van der Waals surface area contributed by atoms with Crippen molar-refractivity contribution in [3.63, 3.8) is 0 Å². The Labute approximate surface area is 338 Å². The van der Waals surface area contributed by atoms with Gasteiger partial charge in [-0.2, -0.15) is 0 Å². The summed E-state index contributed by atoms with van der Waals surface area (Å²) in [4.78, 5) is 15.2. The first kappa shape index (κ1) is 25.0. The molecule has 0 radical (unpaired) electrons. The number of hydrogen-bond acceptors (Lipinski definition) is 4. The molecule has 0 amide bonds. The molecule has 11 aromatic rings. The number of para-hydroxylation sites is 2. The molecule has 0 saturated carbocycles. The van der Waals surface area contributed by atoms with Crippen LogP contribution in [0.5, 0.6) is 0 Å². The van der Waals surface area contributed by atoms with Gasteiger partial charge in [-0.15, -0.1) is 11.3 Å². The van der Waals surface area contributed by atoms with Crippen molar-refractivity contribution in [1.82, 2.24) is 19.5 Å². The van der Waals surface area contributed by atoms with E-state index in [1.165, 1.54) is 0 Å². The number of aromatic nitrogens is 4. The summed E-state index contributed by atoms with van der Waals surface area (Å²) in [5.74, 6) is 1.02. The van der Waals surface area contributed by atoms with E-state index in [2.05, 4.69) is 18.2 Å². The van der Waals surface area contributed by atoms with Crippen molar-refractivity contribution < 1.29 is 11.0 Å². The summed E-state index contributed by atoms with van der Waals surface area (Å²) in [7, 11) is 0. The molecule has 8 aromatic carbocycles. The van der Waals surface area contributed by atoms with Crippen LogP contribution in [-0.4, -0.2) is 19.5 Å². The van der Waals surface area contributed by atoms with Crippen LogP contribution in [0, 0.1) is 0 Å². The smallest absolute Gasteiger partial charge is 0.166 e. The van der Waals surface area contributed by atoms with Crippen molar-refractivity contribution in [3.05, 3.63) is 194 Å². The fourth-order valence-electron chi connectivity index (χ4n) is 7.53. The molecule has 5 heteroatoms. The Kier molecular flexibility index (Phi) is 5.92. The van der Waals surface area contributed by atoms with Crippen LogP contribution in [0.3, 0.4) is 0 Å². The minimum atomic E-state index is -0.512. The molecule has 56 heavy (non-hydrogen) atoms. The summed E-state index contributed by atoms with van der Waals surface area (Å²) in [6.07, 6.45) is 0. The Morgan fingerprint density at radius 2 is 0.946 bits per heavy atom. The Bertz CT molecular complexity index is 3630. The van der Waals surface area contributed by atoms with Crippen LogP contribution in [0.15, 0.2) is 194 Å². The Morgan fingerprint density at radius 3 is 1.66 bits per heavy atom. The van der Waals surface area contributed by atoms with E-state index in [0.717, 1.165) is 53.6 Å². The number of fused-ring (bicyclic) bond motifs is 6. The summed E-state index contributed by atoms with van der Waals surface area (Å²) in [6.45, 7) is 0. The molecule has 3 heterocycles. The Morgan fingerprint density at radius 1 is 0.411 bits per heavy atom. The van der Waals surface area contributed by atoms with E-state index in [4.69, 9.17) is 23.2 Å². The van der Waals surface area contributed by atoms with Crippen molar-refractivity contribution in [1.29, 1.82) is 0 Å². The molecule has 11 rings (SSSR count). The van der Waals surface area contributed by atoms with Gasteiger partial charge in [0.15, 0.2) is 17.5 Å². The van der Waals surface area contributed by atoms with Gasteiger partial charge < -0.3 is 4.57 Å². The third-order valence-electron chi connectivity index (χ3n) is 10.1. The van der Waals surface area contributed by atoms with Gasteiger partial charge in [0.1, 0.15) is 0 Å². The average molecular weight is 741 g/mol. The lowest BCUT2D eigenvalue weighted by atomic mass is 9.97. The summed E-state index contributed by atoms with van der Waals surface area (Å²) >= 11 is 1.69. The van der Waals surface area contributed by atoms with Crippen molar-refractivity contribution in [3.8, 4) is 62.1 Å². The van der Waals surface area contributed by atoms with Gasteiger partial charge in [-0.25, -0.2) is 15.0 Å². The maximum Gasteiger partial charge on any atom is 0.166 e. The van der Waals surface area contributed by atoms with E-state index in [9.17, 15) is 2.74 Å².